The zero-order valence-electron chi connectivity index (χ0n) is 10.7. The molecule has 1 aliphatic rings. The summed E-state index contributed by atoms with van der Waals surface area (Å²) in [7, 11) is -7.31. The molecule has 110 valence electrons. The summed E-state index contributed by atoms with van der Waals surface area (Å²) >= 11 is 3.22. The molecule has 0 N–H and O–H groups in total. The summed E-state index contributed by atoms with van der Waals surface area (Å²) in [5.41, 5.74) is 0.349. The van der Waals surface area contributed by atoms with Crippen molar-refractivity contribution in [3.05, 3.63) is 58.6 Å². The van der Waals surface area contributed by atoms with Gasteiger partial charge < -0.3 is 0 Å². The van der Waals surface area contributed by atoms with Crippen LogP contribution in [0.1, 0.15) is 10.8 Å². The predicted octanol–water partition coefficient (Wildman–Crippen LogP) is 2.75. The highest BCUT2D eigenvalue weighted by Gasteiger charge is 2.42. The number of sulfone groups is 2. The Labute approximate surface area is 131 Å². The lowest BCUT2D eigenvalue weighted by Gasteiger charge is -2.11. The Bertz CT molecular complexity index is 903. The van der Waals surface area contributed by atoms with Crippen molar-refractivity contribution in [3.63, 3.8) is 0 Å². The lowest BCUT2D eigenvalue weighted by Crippen LogP contribution is -2.15. The lowest BCUT2D eigenvalue weighted by atomic mass is 10.2. The number of rotatable bonds is 2. The van der Waals surface area contributed by atoms with Gasteiger partial charge in [0.15, 0.2) is 19.7 Å². The molecule has 0 aromatic heterocycles. The fourth-order valence-corrected chi connectivity index (χ4v) is 7.33. The standard InChI is InChI=1S/C14H11BrO4S2/c15-10-6-7-12-13(8-10)20(16,17)9-14(12)21(18,19)11-4-2-1-3-5-11/h1-8,14H,9H2. The maximum Gasteiger partial charge on any atom is 0.186 e. The Kier molecular flexibility index (Phi) is 3.46. The molecule has 2 aromatic rings. The number of hydrogen-bond donors (Lipinski definition) is 0. The van der Waals surface area contributed by atoms with Gasteiger partial charge in [-0.1, -0.05) is 40.2 Å². The summed E-state index contributed by atoms with van der Waals surface area (Å²) in [4.78, 5) is 0.238. The first-order valence-corrected chi connectivity index (χ1v) is 10.1. The molecule has 0 bridgehead atoms. The highest BCUT2D eigenvalue weighted by atomic mass is 79.9. The molecule has 4 nitrogen and oxygen atoms in total. The molecular weight excluding hydrogens is 376 g/mol. The monoisotopic (exact) mass is 386 g/mol. The molecule has 0 saturated carbocycles. The minimum absolute atomic E-state index is 0.0985. The second-order valence-corrected chi connectivity index (χ2v) is 9.86. The minimum atomic E-state index is -3.73. The molecule has 2 aromatic carbocycles. The van der Waals surface area contributed by atoms with Crippen LogP contribution < -0.4 is 0 Å². The van der Waals surface area contributed by atoms with E-state index in [1.54, 1.807) is 30.3 Å². The molecule has 7 heteroatoms. The Hall–Kier alpha value is -1.18. The van der Waals surface area contributed by atoms with E-state index < -0.39 is 30.7 Å². The second-order valence-electron chi connectivity index (χ2n) is 4.81. The van der Waals surface area contributed by atoms with Crippen molar-refractivity contribution in [3.8, 4) is 0 Å². The van der Waals surface area contributed by atoms with Gasteiger partial charge in [-0.15, -0.1) is 0 Å². The average molecular weight is 387 g/mol. The second kappa shape index (κ2) is 4.93. The minimum Gasteiger partial charge on any atom is -0.224 e. The van der Waals surface area contributed by atoms with E-state index in [1.165, 1.54) is 18.2 Å². The van der Waals surface area contributed by atoms with Crippen LogP contribution in [0.5, 0.6) is 0 Å². The van der Waals surface area contributed by atoms with Crippen molar-refractivity contribution < 1.29 is 16.8 Å². The average Bonchev–Trinajstić information content (AvgIpc) is 2.72. The Morgan fingerprint density at radius 3 is 2.38 bits per heavy atom. The van der Waals surface area contributed by atoms with E-state index >= 15 is 0 Å². The van der Waals surface area contributed by atoms with Crippen molar-refractivity contribution >= 4 is 35.6 Å². The van der Waals surface area contributed by atoms with Gasteiger partial charge in [-0.3, -0.25) is 0 Å². The normalized spacial score (nSPS) is 20.1. The molecule has 1 unspecified atom stereocenters. The largest absolute Gasteiger partial charge is 0.224 e. The van der Waals surface area contributed by atoms with E-state index in [2.05, 4.69) is 15.9 Å². The molecule has 1 aliphatic heterocycles. The van der Waals surface area contributed by atoms with Crippen LogP contribution in [0.4, 0.5) is 0 Å². The zero-order valence-corrected chi connectivity index (χ0v) is 13.9. The van der Waals surface area contributed by atoms with E-state index in [9.17, 15) is 16.8 Å². The van der Waals surface area contributed by atoms with Crippen molar-refractivity contribution in [1.82, 2.24) is 0 Å². The Balaban J connectivity index is 2.20. The van der Waals surface area contributed by atoms with Crippen LogP contribution in [0.25, 0.3) is 0 Å². The van der Waals surface area contributed by atoms with Gasteiger partial charge in [-0.05, 0) is 29.8 Å². The van der Waals surface area contributed by atoms with Gasteiger partial charge in [0.2, 0.25) is 0 Å². The molecule has 0 amide bonds. The van der Waals surface area contributed by atoms with Crippen LogP contribution in [-0.2, 0) is 19.7 Å². The third-order valence-electron chi connectivity index (χ3n) is 3.47. The van der Waals surface area contributed by atoms with Crippen LogP contribution >= 0.6 is 15.9 Å². The quantitative estimate of drug-likeness (QED) is 0.795. The van der Waals surface area contributed by atoms with Gasteiger partial charge in [0.1, 0.15) is 5.25 Å². The van der Waals surface area contributed by atoms with Gasteiger partial charge in [0.05, 0.1) is 15.5 Å². The number of benzene rings is 2. The Morgan fingerprint density at radius 1 is 1.05 bits per heavy atom. The summed E-state index contributed by atoms with van der Waals surface area (Å²) in [6, 6.07) is 12.6. The highest BCUT2D eigenvalue weighted by molar-refractivity contribution is 9.10. The smallest absolute Gasteiger partial charge is 0.186 e. The van der Waals surface area contributed by atoms with Crippen molar-refractivity contribution in [2.45, 2.75) is 15.0 Å². The maximum atomic E-state index is 12.7. The van der Waals surface area contributed by atoms with Crippen LogP contribution in [0.3, 0.4) is 0 Å². The summed E-state index contributed by atoms with van der Waals surface area (Å²) in [5.74, 6) is -0.407. The van der Waals surface area contributed by atoms with Gasteiger partial charge in [0, 0.05) is 4.47 Å². The summed E-state index contributed by atoms with van der Waals surface area (Å²) < 4.78 is 50.4. The first-order valence-electron chi connectivity index (χ1n) is 6.13. The van der Waals surface area contributed by atoms with Gasteiger partial charge in [0.25, 0.3) is 0 Å². The molecule has 0 fully saturated rings. The zero-order chi connectivity index (χ0) is 15.3. The topological polar surface area (TPSA) is 68.3 Å². The third-order valence-corrected chi connectivity index (χ3v) is 8.07. The lowest BCUT2D eigenvalue weighted by molar-refractivity contribution is 0.582. The predicted molar refractivity (Wildman–Crippen MR) is 82.6 cm³/mol. The molecule has 0 aliphatic carbocycles. The van der Waals surface area contributed by atoms with Gasteiger partial charge in [-0.2, -0.15) is 0 Å². The summed E-state index contributed by atoms with van der Waals surface area (Å²) in [5, 5.41) is -1.05. The van der Waals surface area contributed by atoms with E-state index in [1.807, 2.05) is 0 Å². The van der Waals surface area contributed by atoms with Crippen molar-refractivity contribution in [1.29, 1.82) is 0 Å². The van der Waals surface area contributed by atoms with Crippen LogP contribution in [0, 0.1) is 0 Å². The number of hydrogen-bond acceptors (Lipinski definition) is 4. The van der Waals surface area contributed by atoms with Crippen molar-refractivity contribution in [2.75, 3.05) is 5.75 Å². The van der Waals surface area contributed by atoms with Crippen LogP contribution in [-0.4, -0.2) is 22.6 Å². The molecule has 0 spiro atoms. The first-order chi connectivity index (χ1) is 9.82. The fraction of sp³-hybridized carbons (Fsp3) is 0.143. The summed E-state index contributed by atoms with van der Waals surface area (Å²) in [6.45, 7) is 0. The van der Waals surface area contributed by atoms with E-state index in [0.717, 1.165) is 0 Å². The van der Waals surface area contributed by atoms with Gasteiger partial charge >= 0.3 is 0 Å². The number of fused-ring (bicyclic) bond motifs is 1. The van der Waals surface area contributed by atoms with Crippen LogP contribution in [0.2, 0.25) is 0 Å². The molecule has 0 radical (unpaired) electrons. The molecule has 3 rings (SSSR count). The van der Waals surface area contributed by atoms with E-state index in [0.29, 0.717) is 10.0 Å². The van der Waals surface area contributed by atoms with E-state index in [-0.39, 0.29) is 9.79 Å². The molecule has 1 atom stereocenters. The maximum absolute atomic E-state index is 12.7. The SMILES string of the molecule is O=S1(=O)CC(S(=O)(=O)c2ccccc2)c2ccc(Br)cc21. The first kappa shape index (κ1) is 14.7. The third kappa shape index (κ3) is 2.43. The fourth-order valence-electron chi connectivity index (χ4n) is 2.45. The number of halogens is 1. The van der Waals surface area contributed by atoms with E-state index in [4.69, 9.17) is 0 Å². The summed E-state index contributed by atoms with van der Waals surface area (Å²) in [6.07, 6.45) is 0. The Morgan fingerprint density at radius 2 is 1.71 bits per heavy atom. The molecule has 21 heavy (non-hydrogen) atoms. The van der Waals surface area contributed by atoms with Gasteiger partial charge in [-0.25, -0.2) is 16.8 Å². The van der Waals surface area contributed by atoms with Crippen molar-refractivity contribution in [2.24, 2.45) is 0 Å². The molecular formula is C14H11BrO4S2. The molecule has 1 heterocycles. The highest BCUT2D eigenvalue weighted by Crippen LogP contribution is 2.41. The molecule has 0 saturated heterocycles. The van der Waals surface area contributed by atoms with Crippen LogP contribution in [0.15, 0.2) is 62.8 Å².